The number of hydrogen-bond donors (Lipinski definition) is 3. The highest BCUT2D eigenvalue weighted by molar-refractivity contribution is 7.92. The molecule has 0 fully saturated rings. The monoisotopic (exact) mass is 281 g/mol. The first-order chi connectivity index (χ1) is 8.97. The van der Waals surface area contributed by atoms with E-state index in [1.807, 2.05) is 0 Å². The molecule has 100 valence electrons. The summed E-state index contributed by atoms with van der Waals surface area (Å²) in [6, 6.07) is 5.63. The summed E-state index contributed by atoms with van der Waals surface area (Å²) in [4.78, 5) is 16.9. The maximum atomic E-state index is 11.9. The second-order valence-electron chi connectivity index (χ2n) is 3.76. The number of aliphatic carboxylic acids is 1. The number of benzene rings is 1. The molecule has 0 aliphatic heterocycles. The predicted molar refractivity (Wildman–Crippen MR) is 67.2 cm³/mol. The average Bonchev–Trinajstić information content (AvgIpc) is 2.81. The first-order valence-corrected chi connectivity index (χ1v) is 6.78. The van der Waals surface area contributed by atoms with Gasteiger partial charge in [-0.3, -0.25) is 4.79 Å². The Balaban J connectivity index is 2.19. The third-order valence-corrected chi connectivity index (χ3v) is 3.67. The van der Waals surface area contributed by atoms with Crippen LogP contribution in [0, 0.1) is 0 Å². The number of anilines is 1. The van der Waals surface area contributed by atoms with E-state index in [9.17, 15) is 13.2 Å². The van der Waals surface area contributed by atoms with Gasteiger partial charge in [0.15, 0.2) is 0 Å². The van der Waals surface area contributed by atoms with Crippen LogP contribution in [0.4, 0.5) is 5.95 Å². The molecule has 1 aromatic carbocycles. The van der Waals surface area contributed by atoms with Crippen LogP contribution in [-0.2, 0) is 21.2 Å². The van der Waals surface area contributed by atoms with Gasteiger partial charge < -0.3 is 10.1 Å². The van der Waals surface area contributed by atoms with Gasteiger partial charge in [-0.05, 0) is 17.7 Å². The largest absolute Gasteiger partial charge is 0.481 e. The lowest BCUT2D eigenvalue weighted by atomic mass is 10.2. The van der Waals surface area contributed by atoms with Crippen molar-refractivity contribution in [3.05, 3.63) is 42.2 Å². The Hall–Kier alpha value is -2.35. The van der Waals surface area contributed by atoms with Crippen LogP contribution in [0.5, 0.6) is 0 Å². The van der Waals surface area contributed by atoms with Crippen molar-refractivity contribution >= 4 is 21.9 Å². The van der Waals surface area contributed by atoms with Gasteiger partial charge in [0, 0.05) is 12.4 Å². The molecule has 0 radical (unpaired) electrons. The quantitative estimate of drug-likeness (QED) is 0.751. The van der Waals surface area contributed by atoms with Crippen molar-refractivity contribution in [2.75, 3.05) is 4.72 Å². The molecule has 8 heteroatoms. The van der Waals surface area contributed by atoms with Gasteiger partial charge >= 0.3 is 5.97 Å². The second-order valence-corrected chi connectivity index (χ2v) is 5.44. The number of H-pyrrole nitrogens is 1. The molecular weight excluding hydrogens is 270 g/mol. The van der Waals surface area contributed by atoms with Crippen molar-refractivity contribution in [2.24, 2.45) is 0 Å². The van der Waals surface area contributed by atoms with Gasteiger partial charge in [-0.2, -0.15) is 0 Å². The molecule has 7 nitrogen and oxygen atoms in total. The van der Waals surface area contributed by atoms with E-state index in [0.717, 1.165) is 0 Å². The topological polar surface area (TPSA) is 112 Å². The molecule has 19 heavy (non-hydrogen) atoms. The fraction of sp³-hybridized carbons (Fsp3) is 0.0909. The minimum Gasteiger partial charge on any atom is -0.481 e. The van der Waals surface area contributed by atoms with Gasteiger partial charge in [0.2, 0.25) is 5.95 Å². The molecule has 0 aliphatic rings. The van der Waals surface area contributed by atoms with E-state index in [4.69, 9.17) is 5.11 Å². The Morgan fingerprint density at radius 2 is 2.00 bits per heavy atom. The number of aromatic nitrogens is 2. The Bertz CT molecular complexity index is 662. The van der Waals surface area contributed by atoms with Crippen LogP contribution in [0.3, 0.4) is 0 Å². The number of hydrogen-bond acceptors (Lipinski definition) is 4. The summed E-state index contributed by atoms with van der Waals surface area (Å²) in [7, 11) is -3.72. The summed E-state index contributed by atoms with van der Waals surface area (Å²) >= 11 is 0. The molecular formula is C11H11N3O4S. The first kappa shape index (κ1) is 13.1. The number of carboxylic acid groups (broad SMARTS) is 1. The lowest BCUT2D eigenvalue weighted by Gasteiger charge is -2.05. The second kappa shape index (κ2) is 5.11. The molecule has 2 aromatic rings. The Labute approximate surface area is 109 Å². The number of carboxylic acids is 1. The Kier molecular flexibility index (Phi) is 3.52. The van der Waals surface area contributed by atoms with Gasteiger partial charge in [0.05, 0.1) is 11.3 Å². The smallest absolute Gasteiger partial charge is 0.307 e. The number of sulfonamides is 1. The van der Waals surface area contributed by atoms with Gasteiger partial charge in [0.1, 0.15) is 0 Å². The van der Waals surface area contributed by atoms with E-state index in [0.29, 0.717) is 5.56 Å². The normalized spacial score (nSPS) is 11.2. The number of aromatic amines is 1. The van der Waals surface area contributed by atoms with Gasteiger partial charge in [0.25, 0.3) is 10.0 Å². The van der Waals surface area contributed by atoms with Crippen LogP contribution >= 0.6 is 0 Å². The fourth-order valence-electron chi connectivity index (χ4n) is 1.47. The Morgan fingerprint density at radius 1 is 1.32 bits per heavy atom. The SMILES string of the molecule is O=C(O)Cc1ccc(S(=O)(=O)Nc2ncc[nH]2)cc1. The molecule has 1 heterocycles. The molecule has 0 bridgehead atoms. The lowest BCUT2D eigenvalue weighted by Crippen LogP contribution is -2.14. The molecule has 0 amide bonds. The maximum absolute atomic E-state index is 11.9. The molecule has 0 atom stereocenters. The predicted octanol–water partition coefficient (Wildman–Crippen LogP) is 0.838. The average molecular weight is 281 g/mol. The molecule has 1 aromatic heterocycles. The van der Waals surface area contributed by atoms with Crippen molar-refractivity contribution in [2.45, 2.75) is 11.3 Å². The zero-order valence-corrected chi connectivity index (χ0v) is 10.5. The Morgan fingerprint density at radius 3 is 2.53 bits per heavy atom. The minimum absolute atomic E-state index is 0.0399. The third-order valence-electron chi connectivity index (χ3n) is 2.32. The van der Waals surface area contributed by atoms with Crippen LogP contribution in [0.2, 0.25) is 0 Å². The molecule has 3 N–H and O–H groups in total. The number of imidazole rings is 1. The van der Waals surface area contributed by atoms with Crippen molar-refractivity contribution < 1.29 is 18.3 Å². The highest BCUT2D eigenvalue weighted by atomic mass is 32.2. The van der Waals surface area contributed by atoms with Crippen molar-refractivity contribution in [3.63, 3.8) is 0 Å². The number of nitrogens with one attached hydrogen (secondary N) is 2. The maximum Gasteiger partial charge on any atom is 0.307 e. The van der Waals surface area contributed by atoms with E-state index in [1.54, 1.807) is 0 Å². The molecule has 2 rings (SSSR count). The first-order valence-electron chi connectivity index (χ1n) is 5.30. The molecule has 0 spiro atoms. The van der Waals surface area contributed by atoms with Gasteiger partial charge in [-0.15, -0.1) is 0 Å². The summed E-state index contributed by atoms with van der Waals surface area (Å²) in [6.45, 7) is 0. The molecule has 0 saturated carbocycles. The number of nitrogens with zero attached hydrogens (tertiary/aromatic N) is 1. The summed E-state index contributed by atoms with van der Waals surface area (Å²) < 4.78 is 26.2. The fourth-order valence-corrected chi connectivity index (χ4v) is 2.45. The van der Waals surface area contributed by atoms with Gasteiger partial charge in [-0.25, -0.2) is 18.1 Å². The highest BCUT2D eigenvalue weighted by Gasteiger charge is 2.15. The lowest BCUT2D eigenvalue weighted by molar-refractivity contribution is -0.136. The van der Waals surface area contributed by atoms with E-state index < -0.39 is 16.0 Å². The van der Waals surface area contributed by atoms with Crippen molar-refractivity contribution in [3.8, 4) is 0 Å². The number of carbonyl (C=O) groups is 1. The standard InChI is InChI=1S/C11H11N3O4S/c15-10(16)7-8-1-3-9(4-2-8)19(17,18)14-11-12-5-6-13-11/h1-6H,7H2,(H,15,16)(H2,12,13,14). The summed E-state index contributed by atoms with van der Waals surface area (Å²) in [5.41, 5.74) is 0.532. The number of rotatable bonds is 5. The summed E-state index contributed by atoms with van der Waals surface area (Å²) in [5, 5.41) is 8.62. The van der Waals surface area contributed by atoms with Crippen LogP contribution in [0.15, 0.2) is 41.6 Å². The van der Waals surface area contributed by atoms with Crippen molar-refractivity contribution in [1.29, 1.82) is 0 Å². The van der Waals surface area contributed by atoms with Crippen LogP contribution in [0.25, 0.3) is 0 Å². The van der Waals surface area contributed by atoms with E-state index in [1.165, 1.54) is 36.7 Å². The molecule has 0 aliphatic carbocycles. The summed E-state index contributed by atoms with van der Waals surface area (Å²) in [6.07, 6.45) is 2.77. The van der Waals surface area contributed by atoms with E-state index in [-0.39, 0.29) is 17.3 Å². The zero-order chi connectivity index (χ0) is 13.9. The van der Waals surface area contributed by atoms with Crippen LogP contribution < -0.4 is 4.72 Å². The zero-order valence-electron chi connectivity index (χ0n) is 9.70. The summed E-state index contributed by atoms with van der Waals surface area (Å²) in [5.74, 6) is -0.848. The minimum atomic E-state index is -3.72. The van der Waals surface area contributed by atoms with E-state index in [2.05, 4.69) is 14.7 Å². The van der Waals surface area contributed by atoms with E-state index >= 15 is 0 Å². The molecule has 0 saturated heterocycles. The third kappa shape index (κ3) is 3.32. The van der Waals surface area contributed by atoms with Crippen LogP contribution in [-0.4, -0.2) is 29.5 Å². The highest BCUT2D eigenvalue weighted by Crippen LogP contribution is 2.14. The van der Waals surface area contributed by atoms with Gasteiger partial charge in [-0.1, -0.05) is 12.1 Å². The molecule has 0 unspecified atom stereocenters. The van der Waals surface area contributed by atoms with Crippen LogP contribution in [0.1, 0.15) is 5.56 Å². The van der Waals surface area contributed by atoms with Crippen molar-refractivity contribution in [1.82, 2.24) is 9.97 Å².